The maximum atomic E-state index is 13.1. The lowest BCUT2D eigenvalue weighted by atomic mass is 10.2. The molecule has 4 aromatic rings. The number of benzene rings is 1. The summed E-state index contributed by atoms with van der Waals surface area (Å²) in [6.45, 7) is 4.59. The van der Waals surface area contributed by atoms with Crippen molar-refractivity contribution >= 4 is 29.3 Å². The van der Waals surface area contributed by atoms with E-state index in [0.29, 0.717) is 43.5 Å². The zero-order valence-corrected chi connectivity index (χ0v) is 18.0. The van der Waals surface area contributed by atoms with Crippen LogP contribution in [0.1, 0.15) is 21.8 Å². The molecule has 1 aromatic carbocycles. The van der Waals surface area contributed by atoms with E-state index in [4.69, 9.17) is 4.42 Å². The molecule has 1 saturated heterocycles. The number of anilines is 1. The second-order valence-corrected chi connectivity index (χ2v) is 8.43. The van der Waals surface area contributed by atoms with Crippen molar-refractivity contribution in [3.8, 4) is 0 Å². The molecule has 0 saturated carbocycles. The van der Waals surface area contributed by atoms with Crippen LogP contribution in [0.25, 0.3) is 5.78 Å². The third-order valence-corrected chi connectivity index (χ3v) is 6.39. The number of hydrogen-bond donors (Lipinski definition) is 0. The largest absolute Gasteiger partial charge is 0.459 e. The number of piperazine rings is 1. The van der Waals surface area contributed by atoms with Gasteiger partial charge in [0.1, 0.15) is 12.1 Å². The molecule has 1 aliphatic heterocycles. The number of amides is 1. The Kier molecular flexibility index (Phi) is 5.33. The molecule has 4 heterocycles. The molecule has 31 heavy (non-hydrogen) atoms. The van der Waals surface area contributed by atoms with E-state index in [9.17, 15) is 4.79 Å². The molecule has 3 aromatic heterocycles. The second-order valence-electron chi connectivity index (χ2n) is 7.38. The number of thioether (sulfide) groups is 1. The fourth-order valence-electron chi connectivity index (χ4n) is 3.73. The predicted octanol–water partition coefficient (Wildman–Crippen LogP) is 3.28. The van der Waals surface area contributed by atoms with Crippen molar-refractivity contribution in [2.24, 2.45) is 0 Å². The first-order chi connectivity index (χ1) is 15.2. The summed E-state index contributed by atoms with van der Waals surface area (Å²) in [7, 11) is 0. The molecule has 0 radical (unpaired) electrons. The Morgan fingerprint density at radius 2 is 1.94 bits per heavy atom. The Balaban J connectivity index is 1.26. The van der Waals surface area contributed by atoms with Crippen molar-refractivity contribution in [3.05, 3.63) is 72.1 Å². The maximum Gasteiger partial charge on any atom is 0.289 e. The van der Waals surface area contributed by atoms with Gasteiger partial charge in [-0.15, -0.1) is 11.8 Å². The van der Waals surface area contributed by atoms with E-state index in [1.807, 2.05) is 42.2 Å². The van der Waals surface area contributed by atoms with Gasteiger partial charge in [-0.05, 0) is 25.1 Å². The van der Waals surface area contributed by atoms with Gasteiger partial charge < -0.3 is 14.2 Å². The number of nitrogens with zero attached hydrogens (tertiary/aromatic N) is 6. The van der Waals surface area contributed by atoms with Crippen molar-refractivity contribution in [1.82, 2.24) is 24.5 Å². The highest BCUT2D eigenvalue weighted by Crippen LogP contribution is 2.26. The topological polar surface area (TPSA) is 79.8 Å². The van der Waals surface area contributed by atoms with Gasteiger partial charge in [0, 0.05) is 54.2 Å². The van der Waals surface area contributed by atoms with Crippen molar-refractivity contribution in [2.45, 2.75) is 17.6 Å². The zero-order chi connectivity index (χ0) is 21.2. The normalized spacial score (nSPS) is 14.4. The van der Waals surface area contributed by atoms with Gasteiger partial charge >= 0.3 is 0 Å². The summed E-state index contributed by atoms with van der Waals surface area (Å²) < 4.78 is 7.34. The van der Waals surface area contributed by atoms with Crippen molar-refractivity contribution in [1.29, 1.82) is 0 Å². The fraction of sp³-hybridized carbons (Fsp3) is 0.273. The minimum atomic E-state index is -0.0508. The quantitative estimate of drug-likeness (QED) is 0.446. The van der Waals surface area contributed by atoms with E-state index >= 15 is 0 Å². The summed E-state index contributed by atoms with van der Waals surface area (Å²) in [6, 6.07) is 14.1. The zero-order valence-electron chi connectivity index (χ0n) is 17.1. The number of carbonyl (C=O) groups excluding carboxylic acids is 1. The van der Waals surface area contributed by atoms with Gasteiger partial charge in [0.15, 0.2) is 5.76 Å². The fourth-order valence-corrected chi connectivity index (χ4v) is 4.63. The number of hydrogen-bond acceptors (Lipinski definition) is 7. The Hall–Kier alpha value is -3.33. The molecule has 0 bridgehead atoms. The first-order valence-electron chi connectivity index (χ1n) is 10.1. The van der Waals surface area contributed by atoms with Crippen molar-refractivity contribution < 1.29 is 9.21 Å². The molecule has 1 fully saturated rings. The van der Waals surface area contributed by atoms with Crippen molar-refractivity contribution in [3.63, 3.8) is 0 Å². The smallest absolute Gasteiger partial charge is 0.289 e. The Morgan fingerprint density at radius 1 is 1.13 bits per heavy atom. The lowest BCUT2D eigenvalue weighted by Gasteiger charge is -2.35. The number of fused-ring (bicyclic) bond motifs is 1. The number of furan rings is 1. The second kappa shape index (κ2) is 8.43. The maximum absolute atomic E-state index is 13.1. The number of aryl methyl sites for hydroxylation is 1. The summed E-state index contributed by atoms with van der Waals surface area (Å²) in [5.41, 5.74) is 1.82. The van der Waals surface area contributed by atoms with Gasteiger partial charge in [0.05, 0.1) is 6.26 Å². The van der Waals surface area contributed by atoms with E-state index in [0.717, 1.165) is 17.1 Å². The van der Waals surface area contributed by atoms with Crippen LogP contribution in [0.2, 0.25) is 0 Å². The predicted molar refractivity (Wildman–Crippen MR) is 118 cm³/mol. The molecular formula is C22H22N6O2S. The molecule has 158 valence electrons. The van der Waals surface area contributed by atoms with E-state index in [1.54, 1.807) is 22.5 Å². The first kappa shape index (κ1) is 19.6. The van der Waals surface area contributed by atoms with E-state index in [2.05, 4.69) is 32.1 Å². The molecule has 1 aliphatic rings. The third-order valence-electron chi connectivity index (χ3n) is 5.33. The highest BCUT2D eigenvalue weighted by Gasteiger charge is 2.27. The van der Waals surface area contributed by atoms with Crippen LogP contribution in [-0.2, 0) is 5.75 Å². The third kappa shape index (κ3) is 4.00. The molecule has 0 aliphatic carbocycles. The molecule has 8 nitrogen and oxygen atoms in total. The van der Waals surface area contributed by atoms with Crippen LogP contribution in [0, 0.1) is 6.92 Å². The van der Waals surface area contributed by atoms with Crippen LogP contribution in [0.3, 0.4) is 0 Å². The molecule has 0 spiro atoms. The molecule has 0 unspecified atom stereocenters. The molecule has 0 atom stereocenters. The average Bonchev–Trinajstić information content (AvgIpc) is 3.47. The standard InChI is InChI=1S/C22H22N6O2S/c1-16-13-19(28-22(25-16)23-15-24-28)26-8-10-27(11-9-26)21(29)20-17(7-12-30-20)14-31-18-5-3-2-4-6-18/h2-7,12-13,15H,8-11,14H2,1H3. The highest BCUT2D eigenvalue weighted by molar-refractivity contribution is 7.98. The SMILES string of the molecule is Cc1cc(N2CCN(C(=O)c3occc3CSc3ccccc3)CC2)n2ncnc2n1. The summed E-state index contributed by atoms with van der Waals surface area (Å²) in [6.07, 6.45) is 3.11. The van der Waals surface area contributed by atoms with Crippen LogP contribution in [0.15, 0.2) is 64.4 Å². The van der Waals surface area contributed by atoms with Gasteiger partial charge in [-0.1, -0.05) is 18.2 Å². The Morgan fingerprint density at radius 3 is 2.74 bits per heavy atom. The lowest BCUT2D eigenvalue weighted by molar-refractivity contribution is 0.0713. The summed E-state index contributed by atoms with van der Waals surface area (Å²) >= 11 is 1.70. The minimum absolute atomic E-state index is 0.0508. The van der Waals surface area contributed by atoms with Gasteiger partial charge in [-0.25, -0.2) is 4.98 Å². The molecule has 1 amide bonds. The average molecular weight is 435 g/mol. The van der Waals surface area contributed by atoms with E-state index in [-0.39, 0.29) is 5.91 Å². The van der Waals surface area contributed by atoms with Gasteiger partial charge in [-0.3, -0.25) is 4.79 Å². The molecule has 9 heteroatoms. The summed E-state index contributed by atoms with van der Waals surface area (Å²) in [5, 5.41) is 4.29. The van der Waals surface area contributed by atoms with Gasteiger partial charge in [0.2, 0.25) is 0 Å². The molecule has 0 N–H and O–H groups in total. The van der Waals surface area contributed by atoms with Gasteiger partial charge in [-0.2, -0.15) is 14.6 Å². The highest BCUT2D eigenvalue weighted by atomic mass is 32.2. The van der Waals surface area contributed by atoms with Crippen LogP contribution in [0.5, 0.6) is 0 Å². The Bertz CT molecular complexity index is 1200. The number of rotatable bonds is 5. The van der Waals surface area contributed by atoms with Crippen LogP contribution in [0.4, 0.5) is 5.82 Å². The molecular weight excluding hydrogens is 412 g/mol. The monoisotopic (exact) mass is 434 g/mol. The van der Waals surface area contributed by atoms with Gasteiger partial charge in [0.25, 0.3) is 11.7 Å². The minimum Gasteiger partial charge on any atom is -0.459 e. The van der Waals surface area contributed by atoms with Crippen LogP contribution in [-0.4, -0.2) is 56.6 Å². The van der Waals surface area contributed by atoms with Crippen LogP contribution >= 0.6 is 11.8 Å². The van der Waals surface area contributed by atoms with Crippen molar-refractivity contribution in [2.75, 3.05) is 31.1 Å². The van der Waals surface area contributed by atoms with E-state index in [1.165, 1.54) is 11.2 Å². The molecule has 5 rings (SSSR count). The summed E-state index contributed by atoms with van der Waals surface area (Å²) in [4.78, 5) is 27.0. The number of carbonyl (C=O) groups is 1. The van der Waals surface area contributed by atoms with E-state index < -0.39 is 0 Å². The lowest BCUT2D eigenvalue weighted by Crippen LogP contribution is -2.49. The first-order valence-corrected chi connectivity index (χ1v) is 11.1. The Labute approximate surface area is 183 Å². The number of aromatic nitrogens is 4. The summed E-state index contributed by atoms with van der Waals surface area (Å²) in [5.74, 6) is 2.62. The van der Waals surface area contributed by atoms with Crippen LogP contribution < -0.4 is 4.90 Å².